The molecule has 1 N–H and O–H groups in total. The summed E-state index contributed by atoms with van der Waals surface area (Å²) in [7, 11) is 0. The van der Waals surface area contributed by atoms with Crippen LogP contribution >= 0.6 is 11.6 Å². The maximum atomic E-state index is 12.9. The quantitative estimate of drug-likeness (QED) is 0.854. The van der Waals surface area contributed by atoms with Crippen molar-refractivity contribution in [3.05, 3.63) is 29.0 Å². The molecule has 1 aliphatic heterocycles. The molecule has 128 valence electrons. The van der Waals surface area contributed by atoms with Gasteiger partial charge in [0.05, 0.1) is 24.2 Å². The number of hydrogen-bond donors (Lipinski definition) is 1. The van der Waals surface area contributed by atoms with Crippen molar-refractivity contribution >= 4 is 17.5 Å². The zero-order valence-electron chi connectivity index (χ0n) is 13.2. The van der Waals surface area contributed by atoms with Gasteiger partial charge in [0.2, 0.25) is 5.91 Å². The van der Waals surface area contributed by atoms with Crippen LogP contribution in [-0.4, -0.2) is 66.2 Å². The Labute approximate surface area is 140 Å². The number of carbonyl (C=O) groups excluding carboxylic acids is 1. The number of rotatable bonds is 6. The summed E-state index contributed by atoms with van der Waals surface area (Å²) >= 11 is 5.86. The Hall–Kier alpha value is -1.37. The van der Waals surface area contributed by atoms with Crippen LogP contribution in [0, 0.1) is 5.82 Å². The second-order valence-electron chi connectivity index (χ2n) is 5.70. The molecule has 0 aliphatic carbocycles. The molecule has 0 radical (unpaired) electrons. The largest absolute Gasteiger partial charge is 0.491 e. The number of amides is 1. The first-order valence-electron chi connectivity index (χ1n) is 7.72. The van der Waals surface area contributed by atoms with Gasteiger partial charge in [0, 0.05) is 32.7 Å². The Kier molecular flexibility index (Phi) is 6.62. The van der Waals surface area contributed by atoms with Gasteiger partial charge in [0.25, 0.3) is 0 Å². The number of halogens is 2. The van der Waals surface area contributed by atoms with E-state index in [4.69, 9.17) is 16.3 Å². The van der Waals surface area contributed by atoms with Crippen molar-refractivity contribution in [2.24, 2.45) is 0 Å². The number of aliphatic hydroxyl groups excluding tert-OH is 1. The molecule has 7 heteroatoms. The van der Waals surface area contributed by atoms with Gasteiger partial charge in [-0.05, 0) is 25.1 Å². The van der Waals surface area contributed by atoms with E-state index < -0.39 is 5.82 Å². The van der Waals surface area contributed by atoms with Crippen LogP contribution < -0.4 is 4.74 Å². The average molecular weight is 345 g/mol. The highest BCUT2D eigenvalue weighted by molar-refractivity contribution is 6.32. The second kappa shape index (κ2) is 8.47. The zero-order chi connectivity index (χ0) is 16.8. The van der Waals surface area contributed by atoms with Crippen LogP contribution in [0.25, 0.3) is 0 Å². The van der Waals surface area contributed by atoms with Gasteiger partial charge in [-0.3, -0.25) is 9.69 Å². The van der Waals surface area contributed by atoms with Crippen molar-refractivity contribution in [3.8, 4) is 5.75 Å². The Morgan fingerprint density at radius 1 is 1.39 bits per heavy atom. The first kappa shape index (κ1) is 18.0. The Balaban J connectivity index is 1.71. The van der Waals surface area contributed by atoms with Gasteiger partial charge in [-0.1, -0.05) is 11.6 Å². The summed E-state index contributed by atoms with van der Waals surface area (Å²) in [5, 5.41) is 9.57. The zero-order valence-corrected chi connectivity index (χ0v) is 13.9. The Bertz CT molecular complexity index is 534. The number of hydrogen-bond acceptors (Lipinski definition) is 4. The molecule has 0 spiro atoms. The molecule has 1 atom stereocenters. The van der Waals surface area contributed by atoms with Crippen LogP contribution in [0.15, 0.2) is 18.2 Å². The standard InChI is InChI=1S/C16H22ClFN2O3/c1-12(21)11-19-5-7-20(8-6-19)16(22)4-9-23-15-3-2-13(18)10-14(15)17/h2-3,10,12,21H,4-9,11H2,1H3/t12-/m1/s1. The Morgan fingerprint density at radius 2 is 2.09 bits per heavy atom. The fourth-order valence-corrected chi connectivity index (χ4v) is 2.77. The highest BCUT2D eigenvalue weighted by Crippen LogP contribution is 2.24. The smallest absolute Gasteiger partial charge is 0.226 e. The minimum absolute atomic E-state index is 0.0277. The second-order valence-corrected chi connectivity index (χ2v) is 6.11. The van der Waals surface area contributed by atoms with Gasteiger partial charge < -0.3 is 14.7 Å². The van der Waals surface area contributed by atoms with Crippen LogP contribution in [0.2, 0.25) is 5.02 Å². The van der Waals surface area contributed by atoms with E-state index in [1.165, 1.54) is 18.2 Å². The Morgan fingerprint density at radius 3 is 2.70 bits per heavy atom. The van der Waals surface area contributed by atoms with Gasteiger partial charge in [-0.2, -0.15) is 0 Å². The van der Waals surface area contributed by atoms with E-state index in [0.717, 1.165) is 13.1 Å². The highest BCUT2D eigenvalue weighted by atomic mass is 35.5. The third-order valence-corrected chi connectivity index (χ3v) is 4.01. The first-order valence-corrected chi connectivity index (χ1v) is 8.09. The SMILES string of the molecule is C[C@@H](O)CN1CCN(C(=O)CCOc2ccc(F)cc2Cl)CC1. The normalized spacial score (nSPS) is 17.1. The van der Waals surface area contributed by atoms with Crippen LogP contribution in [-0.2, 0) is 4.79 Å². The summed E-state index contributed by atoms with van der Waals surface area (Å²) in [6.07, 6.45) is -0.101. The lowest BCUT2D eigenvalue weighted by molar-refractivity contribution is -0.133. The van der Waals surface area contributed by atoms with Crippen molar-refractivity contribution in [1.82, 2.24) is 9.80 Å². The van der Waals surface area contributed by atoms with E-state index in [9.17, 15) is 14.3 Å². The molecular formula is C16H22ClFN2O3. The molecule has 1 heterocycles. The minimum Gasteiger partial charge on any atom is -0.491 e. The summed E-state index contributed by atoms with van der Waals surface area (Å²) in [4.78, 5) is 16.1. The van der Waals surface area contributed by atoms with Crippen LogP contribution in [0.5, 0.6) is 5.75 Å². The van der Waals surface area contributed by atoms with Crippen molar-refractivity contribution in [1.29, 1.82) is 0 Å². The fourth-order valence-electron chi connectivity index (χ4n) is 2.55. The van der Waals surface area contributed by atoms with Crippen molar-refractivity contribution in [2.75, 3.05) is 39.3 Å². The van der Waals surface area contributed by atoms with Gasteiger partial charge in [0.1, 0.15) is 11.6 Å². The number of benzene rings is 1. The maximum absolute atomic E-state index is 12.9. The van der Waals surface area contributed by atoms with E-state index >= 15 is 0 Å². The molecule has 1 saturated heterocycles. The molecule has 1 amide bonds. The van der Waals surface area contributed by atoms with Gasteiger partial charge in [0.15, 0.2) is 0 Å². The predicted molar refractivity (Wildman–Crippen MR) is 86.2 cm³/mol. The lowest BCUT2D eigenvalue weighted by Crippen LogP contribution is -2.50. The van der Waals surface area contributed by atoms with Gasteiger partial charge in [-0.25, -0.2) is 4.39 Å². The number of piperazine rings is 1. The monoisotopic (exact) mass is 344 g/mol. The van der Waals surface area contributed by atoms with Gasteiger partial charge in [-0.15, -0.1) is 0 Å². The van der Waals surface area contributed by atoms with Crippen LogP contribution in [0.3, 0.4) is 0 Å². The molecule has 1 aromatic carbocycles. The van der Waals surface area contributed by atoms with E-state index in [0.29, 0.717) is 25.4 Å². The van der Waals surface area contributed by atoms with E-state index in [2.05, 4.69) is 4.90 Å². The maximum Gasteiger partial charge on any atom is 0.226 e. The van der Waals surface area contributed by atoms with Crippen molar-refractivity contribution in [3.63, 3.8) is 0 Å². The third kappa shape index (κ3) is 5.64. The summed E-state index contributed by atoms with van der Waals surface area (Å²) in [6, 6.07) is 3.90. The first-order chi connectivity index (χ1) is 11.0. The molecule has 5 nitrogen and oxygen atoms in total. The molecule has 1 fully saturated rings. The minimum atomic E-state index is -0.423. The van der Waals surface area contributed by atoms with Crippen molar-refractivity contribution < 1.29 is 19.0 Å². The molecule has 1 aliphatic rings. The van der Waals surface area contributed by atoms with Crippen LogP contribution in [0.4, 0.5) is 4.39 Å². The fraction of sp³-hybridized carbons (Fsp3) is 0.562. The number of carbonyl (C=O) groups is 1. The molecule has 0 bridgehead atoms. The molecule has 0 unspecified atom stereocenters. The summed E-state index contributed by atoms with van der Waals surface area (Å²) in [5.41, 5.74) is 0. The molecule has 1 aromatic rings. The average Bonchev–Trinajstić information content (AvgIpc) is 2.49. The van der Waals surface area contributed by atoms with E-state index in [-0.39, 0.29) is 30.1 Å². The number of aliphatic hydroxyl groups is 1. The number of ether oxygens (including phenoxy) is 1. The van der Waals surface area contributed by atoms with E-state index in [1.54, 1.807) is 11.8 Å². The molecule has 23 heavy (non-hydrogen) atoms. The summed E-state index contributed by atoms with van der Waals surface area (Å²) in [6.45, 7) is 5.44. The van der Waals surface area contributed by atoms with Gasteiger partial charge >= 0.3 is 0 Å². The lowest BCUT2D eigenvalue weighted by Gasteiger charge is -2.35. The predicted octanol–water partition coefficient (Wildman–Crippen LogP) is 1.77. The van der Waals surface area contributed by atoms with Crippen molar-refractivity contribution in [2.45, 2.75) is 19.4 Å². The number of β-amino-alcohol motifs (C(OH)–C–C–N with tert-alkyl or cyclic N) is 1. The lowest BCUT2D eigenvalue weighted by atomic mass is 10.2. The molecule has 0 aromatic heterocycles. The summed E-state index contributed by atoms with van der Waals surface area (Å²) < 4.78 is 18.4. The topological polar surface area (TPSA) is 53.0 Å². The highest BCUT2D eigenvalue weighted by Gasteiger charge is 2.21. The summed E-state index contributed by atoms with van der Waals surface area (Å²) in [5.74, 6) is -0.0176. The number of nitrogens with zero attached hydrogens (tertiary/aromatic N) is 2. The third-order valence-electron chi connectivity index (χ3n) is 3.71. The molecular weight excluding hydrogens is 323 g/mol. The van der Waals surface area contributed by atoms with E-state index in [1.807, 2.05) is 0 Å². The molecule has 0 saturated carbocycles. The van der Waals surface area contributed by atoms with Crippen LogP contribution in [0.1, 0.15) is 13.3 Å². The molecule has 2 rings (SSSR count).